The first-order chi connectivity index (χ1) is 15.1. The third-order valence-corrected chi connectivity index (χ3v) is 5.89. The van der Waals surface area contributed by atoms with Gasteiger partial charge in [0.1, 0.15) is 0 Å². The topological polar surface area (TPSA) is 72.8 Å². The number of nitriles is 1. The molecule has 1 aliphatic heterocycles. The van der Waals surface area contributed by atoms with E-state index in [9.17, 15) is 18.0 Å². The highest BCUT2D eigenvalue weighted by Gasteiger charge is 2.36. The van der Waals surface area contributed by atoms with Gasteiger partial charge in [-0.2, -0.15) is 18.4 Å². The van der Waals surface area contributed by atoms with Crippen LogP contribution in [0.4, 0.5) is 13.2 Å². The van der Waals surface area contributed by atoms with Crippen LogP contribution in [-0.2, 0) is 6.18 Å². The zero-order chi connectivity index (χ0) is 23.2. The maximum atomic E-state index is 13.1. The molecule has 0 unspecified atom stereocenters. The molecule has 32 heavy (non-hydrogen) atoms. The van der Waals surface area contributed by atoms with E-state index in [1.807, 2.05) is 25.1 Å². The van der Waals surface area contributed by atoms with Gasteiger partial charge >= 0.3 is 6.18 Å². The molecule has 4 rings (SSSR count). The molecule has 1 fully saturated rings. The number of aryl methyl sites for hydroxylation is 3. The number of benzene rings is 2. The summed E-state index contributed by atoms with van der Waals surface area (Å²) in [5, 5.41) is 8.92. The Morgan fingerprint density at radius 1 is 1.12 bits per heavy atom. The number of carbonyl (C=O) groups excluding carboxylic acids is 1. The van der Waals surface area contributed by atoms with E-state index in [0.29, 0.717) is 35.5 Å². The number of alkyl halides is 3. The van der Waals surface area contributed by atoms with Crippen molar-refractivity contribution >= 4 is 5.91 Å². The van der Waals surface area contributed by atoms with Crippen molar-refractivity contribution in [3.63, 3.8) is 0 Å². The first kappa shape index (κ1) is 21.6. The van der Waals surface area contributed by atoms with E-state index in [4.69, 9.17) is 5.26 Å². The second kappa shape index (κ2) is 7.83. The summed E-state index contributed by atoms with van der Waals surface area (Å²) in [6, 6.07) is 12.9. The zero-order valence-electron chi connectivity index (χ0n) is 17.8. The molecule has 1 aliphatic rings. The molecule has 2 aromatic carbocycles. The summed E-state index contributed by atoms with van der Waals surface area (Å²) in [5.74, 6) is -1.01. The Morgan fingerprint density at radius 3 is 2.34 bits per heavy atom. The number of hydrogen-bond donors (Lipinski definition) is 1. The maximum Gasteiger partial charge on any atom is 0.449 e. The van der Waals surface area contributed by atoms with Crippen LogP contribution in [-0.4, -0.2) is 33.9 Å². The number of amides is 1. The van der Waals surface area contributed by atoms with E-state index < -0.39 is 12.0 Å². The lowest BCUT2D eigenvalue weighted by Crippen LogP contribution is -2.48. The molecule has 0 radical (unpaired) electrons. The van der Waals surface area contributed by atoms with Crippen molar-refractivity contribution < 1.29 is 18.0 Å². The number of aromatic amines is 1. The smallest absolute Gasteiger partial charge is 0.338 e. The van der Waals surface area contributed by atoms with E-state index in [0.717, 1.165) is 16.7 Å². The van der Waals surface area contributed by atoms with Crippen molar-refractivity contribution in [3.8, 4) is 17.3 Å². The average molecular weight is 438 g/mol. The van der Waals surface area contributed by atoms with Crippen LogP contribution < -0.4 is 0 Å². The highest BCUT2D eigenvalue weighted by atomic mass is 19.4. The van der Waals surface area contributed by atoms with Gasteiger partial charge in [0.2, 0.25) is 5.82 Å². The fourth-order valence-corrected chi connectivity index (χ4v) is 4.05. The van der Waals surface area contributed by atoms with Crippen LogP contribution in [0.5, 0.6) is 0 Å². The summed E-state index contributed by atoms with van der Waals surface area (Å²) in [6.45, 7) is 6.25. The van der Waals surface area contributed by atoms with Gasteiger partial charge < -0.3 is 9.88 Å². The third-order valence-electron chi connectivity index (χ3n) is 5.89. The number of imidazole rings is 1. The Labute approximate surface area is 183 Å². The SMILES string of the molecule is Cc1cc(C)c(-c2nc(C(F)(F)F)[nH]c2C)cc1C(=O)N1CC(c2ccc(C#N)cc2)C1. The van der Waals surface area contributed by atoms with Crippen molar-refractivity contribution in [3.05, 3.63) is 75.7 Å². The fraction of sp³-hybridized carbons (Fsp3) is 0.292. The monoisotopic (exact) mass is 438 g/mol. The van der Waals surface area contributed by atoms with Crippen molar-refractivity contribution in [2.24, 2.45) is 0 Å². The highest BCUT2D eigenvalue weighted by molar-refractivity contribution is 5.97. The van der Waals surface area contributed by atoms with Crippen LogP contribution in [0.2, 0.25) is 0 Å². The summed E-state index contributed by atoms with van der Waals surface area (Å²) in [6.07, 6.45) is -4.57. The van der Waals surface area contributed by atoms with Crippen LogP contribution in [0.15, 0.2) is 36.4 Å². The third kappa shape index (κ3) is 3.86. The number of halogens is 3. The quantitative estimate of drug-likeness (QED) is 0.616. The molecule has 5 nitrogen and oxygen atoms in total. The van der Waals surface area contributed by atoms with Crippen LogP contribution >= 0.6 is 0 Å². The number of rotatable bonds is 3. The molecule has 0 aliphatic carbocycles. The molecule has 1 amide bonds. The molecule has 0 spiro atoms. The van der Waals surface area contributed by atoms with Crippen LogP contribution in [0.25, 0.3) is 11.3 Å². The minimum Gasteiger partial charge on any atom is -0.338 e. The van der Waals surface area contributed by atoms with Gasteiger partial charge in [-0.3, -0.25) is 4.79 Å². The van der Waals surface area contributed by atoms with Gasteiger partial charge in [-0.1, -0.05) is 18.2 Å². The lowest BCUT2D eigenvalue weighted by Gasteiger charge is -2.40. The van der Waals surface area contributed by atoms with Gasteiger partial charge in [-0.15, -0.1) is 0 Å². The average Bonchev–Trinajstić information content (AvgIpc) is 3.09. The molecule has 1 aromatic heterocycles. The number of H-pyrrole nitrogens is 1. The lowest BCUT2D eigenvalue weighted by atomic mass is 9.89. The Kier molecular flexibility index (Phi) is 5.29. The molecule has 1 N–H and O–H groups in total. The van der Waals surface area contributed by atoms with E-state index in [-0.39, 0.29) is 17.5 Å². The van der Waals surface area contributed by atoms with Gasteiger partial charge in [0.25, 0.3) is 5.91 Å². The van der Waals surface area contributed by atoms with E-state index in [1.165, 1.54) is 6.92 Å². The van der Waals surface area contributed by atoms with E-state index >= 15 is 0 Å². The Morgan fingerprint density at radius 2 is 1.78 bits per heavy atom. The number of carbonyl (C=O) groups is 1. The molecule has 2 heterocycles. The van der Waals surface area contributed by atoms with Crippen LogP contribution in [0.3, 0.4) is 0 Å². The summed E-state index contributed by atoms with van der Waals surface area (Å²) >= 11 is 0. The number of nitrogens with zero attached hydrogens (tertiary/aromatic N) is 3. The maximum absolute atomic E-state index is 13.1. The predicted molar refractivity (Wildman–Crippen MR) is 113 cm³/mol. The molecule has 3 aromatic rings. The molecule has 1 saturated heterocycles. The molecule has 0 atom stereocenters. The van der Waals surface area contributed by atoms with Gasteiger partial charge in [-0.25, -0.2) is 4.98 Å². The Hall–Kier alpha value is -3.60. The number of hydrogen-bond acceptors (Lipinski definition) is 3. The van der Waals surface area contributed by atoms with Crippen molar-refractivity contribution in [1.29, 1.82) is 5.26 Å². The van der Waals surface area contributed by atoms with Gasteiger partial charge in [0.15, 0.2) is 0 Å². The first-order valence-corrected chi connectivity index (χ1v) is 10.1. The van der Waals surface area contributed by atoms with Gasteiger partial charge in [0.05, 0.1) is 17.3 Å². The fourth-order valence-electron chi connectivity index (χ4n) is 4.05. The second-order valence-electron chi connectivity index (χ2n) is 8.18. The number of aromatic nitrogens is 2. The van der Waals surface area contributed by atoms with Crippen molar-refractivity contribution in [1.82, 2.24) is 14.9 Å². The minimum atomic E-state index is -4.57. The van der Waals surface area contributed by atoms with Crippen molar-refractivity contribution in [2.75, 3.05) is 13.1 Å². The standard InChI is InChI=1S/C24H21F3N4O/c1-13-8-14(2)20(9-19(13)21-15(3)29-23(30-21)24(25,26)27)22(32)31-11-18(12-31)17-6-4-16(10-28)5-7-17/h4-9,18H,11-12H2,1-3H3,(H,29,30). The summed E-state index contributed by atoms with van der Waals surface area (Å²) in [4.78, 5) is 20.9. The van der Waals surface area contributed by atoms with E-state index in [1.54, 1.807) is 30.0 Å². The molecule has 164 valence electrons. The first-order valence-electron chi connectivity index (χ1n) is 10.1. The zero-order valence-corrected chi connectivity index (χ0v) is 17.8. The predicted octanol–water partition coefficient (Wildman–Crippen LogP) is 5.13. The molecule has 0 saturated carbocycles. The second-order valence-corrected chi connectivity index (χ2v) is 8.18. The highest BCUT2D eigenvalue weighted by Crippen LogP contribution is 2.34. The molecular formula is C24H21F3N4O. The van der Waals surface area contributed by atoms with Crippen LogP contribution in [0.1, 0.15) is 50.0 Å². The minimum absolute atomic E-state index is 0.155. The molecular weight excluding hydrogens is 417 g/mol. The van der Waals surface area contributed by atoms with Gasteiger partial charge in [-0.05, 0) is 55.7 Å². The van der Waals surface area contributed by atoms with Crippen molar-refractivity contribution in [2.45, 2.75) is 32.9 Å². The largest absolute Gasteiger partial charge is 0.449 e. The molecule has 8 heteroatoms. The Bertz CT molecular complexity index is 1230. The normalized spacial score (nSPS) is 14.2. The molecule has 0 bridgehead atoms. The van der Waals surface area contributed by atoms with Gasteiger partial charge in [0, 0.05) is 35.8 Å². The van der Waals surface area contributed by atoms with E-state index in [2.05, 4.69) is 16.0 Å². The lowest BCUT2D eigenvalue weighted by molar-refractivity contribution is -0.144. The number of nitrogens with one attached hydrogen (secondary N) is 1. The Balaban J connectivity index is 1.58. The number of likely N-dealkylation sites (tertiary alicyclic amines) is 1. The summed E-state index contributed by atoms with van der Waals surface area (Å²) in [5.41, 5.74) is 4.64. The summed E-state index contributed by atoms with van der Waals surface area (Å²) < 4.78 is 39.2. The van der Waals surface area contributed by atoms with Crippen LogP contribution in [0, 0.1) is 32.1 Å². The summed E-state index contributed by atoms with van der Waals surface area (Å²) in [7, 11) is 0.